The lowest BCUT2D eigenvalue weighted by Gasteiger charge is -2.12. The smallest absolute Gasteiger partial charge is 0.137 e. The zero-order chi connectivity index (χ0) is 15.1. The first-order valence-corrected chi connectivity index (χ1v) is 7.03. The summed E-state index contributed by atoms with van der Waals surface area (Å²) in [6.07, 6.45) is 0.592. The van der Waals surface area contributed by atoms with E-state index in [0.717, 1.165) is 11.3 Å². The highest BCUT2D eigenvalue weighted by atomic mass is 35.5. The molecule has 3 nitrogen and oxygen atoms in total. The molecule has 0 heterocycles. The molecule has 2 aromatic rings. The second-order valence-electron chi connectivity index (χ2n) is 4.53. The van der Waals surface area contributed by atoms with E-state index < -0.39 is 0 Å². The zero-order valence-electron chi connectivity index (χ0n) is 11.8. The van der Waals surface area contributed by atoms with Gasteiger partial charge in [0.15, 0.2) is 0 Å². The lowest BCUT2D eigenvalue weighted by molar-refractivity contribution is 0.306. The Bertz CT molecular complexity index is 637. The van der Waals surface area contributed by atoms with Crippen LogP contribution >= 0.6 is 11.6 Å². The summed E-state index contributed by atoms with van der Waals surface area (Å²) >= 11 is 6.02. The van der Waals surface area contributed by atoms with Crippen molar-refractivity contribution in [3.8, 4) is 17.6 Å². The van der Waals surface area contributed by atoms with Gasteiger partial charge < -0.3 is 9.47 Å². The van der Waals surface area contributed by atoms with Crippen molar-refractivity contribution >= 4 is 11.6 Å². The summed E-state index contributed by atoms with van der Waals surface area (Å²) in [5.41, 5.74) is 0.930. The van der Waals surface area contributed by atoms with Gasteiger partial charge in [-0.2, -0.15) is 5.26 Å². The van der Waals surface area contributed by atoms with E-state index in [1.165, 1.54) is 0 Å². The van der Waals surface area contributed by atoms with Crippen LogP contribution in [-0.2, 0) is 0 Å². The summed E-state index contributed by atoms with van der Waals surface area (Å²) < 4.78 is 10.8. The van der Waals surface area contributed by atoms with E-state index in [2.05, 4.69) is 6.07 Å². The number of nitrogens with zero attached hydrogens (tertiary/aromatic N) is 1. The number of nitriles is 1. The Kier molecular flexibility index (Phi) is 5.48. The number of para-hydroxylation sites is 1. The van der Waals surface area contributed by atoms with Crippen LogP contribution in [0.15, 0.2) is 48.5 Å². The van der Waals surface area contributed by atoms with Crippen molar-refractivity contribution in [2.75, 3.05) is 13.7 Å². The van der Waals surface area contributed by atoms with Crippen LogP contribution in [0.3, 0.4) is 0 Å². The Balaban J connectivity index is 1.97. The fourth-order valence-electron chi connectivity index (χ4n) is 2.01. The first-order valence-electron chi connectivity index (χ1n) is 6.65. The van der Waals surface area contributed by atoms with Gasteiger partial charge in [-0.1, -0.05) is 35.9 Å². The molecule has 0 aliphatic heterocycles. The number of rotatable bonds is 6. The van der Waals surface area contributed by atoms with Crippen molar-refractivity contribution in [3.63, 3.8) is 0 Å². The molecule has 0 aliphatic carbocycles. The number of ether oxygens (including phenoxy) is 2. The van der Waals surface area contributed by atoms with Crippen molar-refractivity contribution in [1.29, 1.82) is 5.26 Å². The average molecular weight is 302 g/mol. The molecule has 2 aromatic carbocycles. The van der Waals surface area contributed by atoms with Gasteiger partial charge >= 0.3 is 0 Å². The number of methoxy groups -OCH3 is 1. The predicted molar refractivity (Wildman–Crippen MR) is 82.9 cm³/mol. The highest BCUT2D eigenvalue weighted by molar-refractivity contribution is 6.32. The van der Waals surface area contributed by atoms with E-state index in [9.17, 15) is 5.26 Å². The van der Waals surface area contributed by atoms with Crippen LogP contribution in [0, 0.1) is 11.3 Å². The average Bonchev–Trinajstić information content (AvgIpc) is 2.53. The number of benzene rings is 2. The summed E-state index contributed by atoms with van der Waals surface area (Å²) in [5, 5.41) is 9.90. The summed E-state index contributed by atoms with van der Waals surface area (Å²) in [4.78, 5) is 0. The molecule has 0 N–H and O–H groups in total. The Morgan fingerprint density at radius 3 is 2.71 bits per heavy atom. The molecule has 21 heavy (non-hydrogen) atoms. The van der Waals surface area contributed by atoms with Gasteiger partial charge in [-0.05, 0) is 29.8 Å². The van der Waals surface area contributed by atoms with Crippen LogP contribution in [0.25, 0.3) is 0 Å². The molecule has 0 spiro atoms. The third-order valence-corrected chi connectivity index (χ3v) is 3.46. The highest BCUT2D eigenvalue weighted by Gasteiger charge is 2.12. The fourth-order valence-corrected chi connectivity index (χ4v) is 2.20. The predicted octanol–water partition coefficient (Wildman–Crippen LogP) is 4.42. The van der Waals surface area contributed by atoms with Gasteiger partial charge in [0, 0.05) is 6.42 Å². The molecule has 4 heteroatoms. The molecule has 0 saturated carbocycles. The SMILES string of the molecule is COc1cccc(C(C#N)CCOc2ccccc2Cl)c1. The molecular weight excluding hydrogens is 286 g/mol. The van der Waals surface area contributed by atoms with E-state index >= 15 is 0 Å². The first kappa shape index (κ1) is 15.2. The lowest BCUT2D eigenvalue weighted by atomic mass is 9.97. The van der Waals surface area contributed by atoms with Crippen LogP contribution in [-0.4, -0.2) is 13.7 Å². The van der Waals surface area contributed by atoms with Crippen molar-refractivity contribution in [2.24, 2.45) is 0 Å². The standard InChI is InChI=1S/C17H16ClNO2/c1-20-15-6-4-5-13(11-15)14(12-19)9-10-21-17-8-3-2-7-16(17)18/h2-8,11,14H,9-10H2,1H3. The molecule has 0 radical (unpaired) electrons. The molecule has 1 unspecified atom stereocenters. The summed E-state index contributed by atoms with van der Waals surface area (Å²) in [6, 6.07) is 17.2. The quantitative estimate of drug-likeness (QED) is 0.793. The van der Waals surface area contributed by atoms with Gasteiger partial charge in [0.25, 0.3) is 0 Å². The highest BCUT2D eigenvalue weighted by Crippen LogP contribution is 2.26. The fraction of sp³-hybridized carbons (Fsp3) is 0.235. The molecule has 0 saturated heterocycles. The third-order valence-electron chi connectivity index (χ3n) is 3.15. The van der Waals surface area contributed by atoms with Crippen molar-refractivity contribution in [1.82, 2.24) is 0 Å². The van der Waals surface area contributed by atoms with Gasteiger partial charge in [0.2, 0.25) is 0 Å². The van der Waals surface area contributed by atoms with E-state index in [-0.39, 0.29) is 5.92 Å². The van der Waals surface area contributed by atoms with Crippen LogP contribution in [0.4, 0.5) is 0 Å². The second-order valence-corrected chi connectivity index (χ2v) is 4.93. The maximum atomic E-state index is 9.32. The van der Waals surface area contributed by atoms with Gasteiger partial charge in [-0.3, -0.25) is 0 Å². The minimum Gasteiger partial charge on any atom is -0.497 e. The monoisotopic (exact) mass is 301 g/mol. The van der Waals surface area contributed by atoms with Crippen LogP contribution < -0.4 is 9.47 Å². The molecule has 1 atom stereocenters. The van der Waals surface area contributed by atoms with Crippen LogP contribution in [0.1, 0.15) is 17.9 Å². The van der Waals surface area contributed by atoms with E-state index in [1.54, 1.807) is 13.2 Å². The van der Waals surface area contributed by atoms with Gasteiger partial charge in [0.1, 0.15) is 11.5 Å². The molecule has 0 aromatic heterocycles. The van der Waals surface area contributed by atoms with E-state index in [4.69, 9.17) is 21.1 Å². The minimum absolute atomic E-state index is 0.234. The summed E-state index contributed by atoms with van der Waals surface area (Å²) in [5.74, 6) is 1.16. The molecule has 0 bridgehead atoms. The largest absolute Gasteiger partial charge is 0.497 e. The van der Waals surface area contributed by atoms with Crippen LogP contribution in [0.5, 0.6) is 11.5 Å². The van der Waals surface area contributed by atoms with Crippen molar-refractivity contribution < 1.29 is 9.47 Å². The lowest BCUT2D eigenvalue weighted by Crippen LogP contribution is -2.05. The molecule has 2 rings (SSSR count). The van der Waals surface area contributed by atoms with Crippen LogP contribution in [0.2, 0.25) is 5.02 Å². The normalized spacial score (nSPS) is 11.5. The Morgan fingerprint density at radius 1 is 1.19 bits per heavy atom. The maximum absolute atomic E-state index is 9.32. The zero-order valence-corrected chi connectivity index (χ0v) is 12.5. The van der Waals surface area contributed by atoms with Gasteiger partial charge in [-0.25, -0.2) is 0 Å². The maximum Gasteiger partial charge on any atom is 0.137 e. The number of hydrogen-bond donors (Lipinski definition) is 0. The van der Waals surface area contributed by atoms with Gasteiger partial charge in [-0.15, -0.1) is 0 Å². The van der Waals surface area contributed by atoms with Crippen molar-refractivity contribution in [3.05, 3.63) is 59.1 Å². The molecule has 0 amide bonds. The summed E-state index contributed by atoms with van der Waals surface area (Å²) in [7, 11) is 1.61. The molecule has 0 fully saturated rings. The van der Waals surface area contributed by atoms with E-state index in [0.29, 0.717) is 23.8 Å². The minimum atomic E-state index is -0.234. The van der Waals surface area contributed by atoms with Gasteiger partial charge in [0.05, 0.1) is 30.7 Å². The topological polar surface area (TPSA) is 42.2 Å². The second kappa shape index (κ2) is 7.56. The third kappa shape index (κ3) is 4.14. The van der Waals surface area contributed by atoms with E-state index in [1.807, 2.05) is 42.5 Å². The number of hydrogen-bond acceptors (Lipinski definition) is 3. The Labute approximate surface area is 129 Å². The van der Waals surface area contributed by atoms with Crippen molar-refractivity contribution in [2.45, 2.75) is 12.3 Å². The molecule has 0 aliphatic rings. The Hall–Kier alpha value is -2.18. The Morgan fingerprint density at radius 2 is 2.00 bits per heavy atom. The molecule has 108 valence electrons. The molecular formula is C17H16ClNO2. The first-order chi connectivity index (χ1) is 10.2. The summed E-state index contributed by atoms with van der Waals surface area (Å²) in [6.45, 7) is 0.430. The number of halogens is 1.